The molecule has 1 spiro atoms. The number of nitrogens with zero attached hydrogens (tertiary/aromatic N) is 3. The Balaban J connectivity index is 1.43. The van der Waals surface area contributed by atoms with Crippen LogP contribution in [0.25, 0.3) is 0 Å². The smallest absolute Gasteiger partial charge is 0.333 e. The molecule has 0 aromatic heterocycles. The van der Waals surface area contributed by atoms with Crippen LogP contribution in [-0.4, -0.2) is 71.3 Å². The molecule has 7 rings (SSSR count). The third-order valence-electron chi connectivity index (χ3n) is 9.14. The second-order valence-electron chi connectivity index (χ2n) is 11.2. The number of anilines is 1. The lowest BCUT2D eigenvalue weighted by Crippen LogP contribution is -2.53. The Bertz CT molecular complexity index is 1470. The molecule has 2 aromatic rings. The number of aliphatic carboxylic acids is 1. The molecule has 39 heavy (non-hydrogen) atoms. The van der Waals surface area contributed by atoms with Crippen molar-refractivity contribution < 1.29 is 19.1 Å². The fourth-order valence-electron chi connectivity index (χ4n) is 7.41. The summed E-state index contributed by atoms with van der Waals surface area (Å²) in [6.45, 7) is 1.94. The molecule has 0 radical (unpaired) electrons. The maximum atomic E-state index is 16.0. The van der Waals surface area contributed by atoms with Gasteiger partial charge in [0.05, 0.1) is 17.1 Å². The number of carboxylic acids is 1. The summed E-state index contributed by atoms with van der Waals surface area (Å²) in [6.07, 6.45) is 4.62. The van der Waals surface area contributed by atoms with E-state index in [4.69, 9.17) is 23.2 Å². The molecule has 0 unspecified atom stereocenters. The molecule has 202 valence electrons. The number of amides is 1. The number of likely N-dealkylation sites (tertiary alicyclic amines) is 2. The second-order valence-corrected chi connectivity index (χ2v) is 12.1. The normalized spacial score (nSPS) is 29.9. The van der Waals surface area contributed by atoms with Gasteiger partial charge in [0.2, 0.25) is 5.91 Å². The van der Waals surface area contributed by atoms with Crippen molar-refractivity contribution in [2.24, 2.45) is 10.9 Å². The molecule has 7 nitrogen and oxygen atoms in total. The molecule has 2 N–H and O–H groups in total. The number of hydrogen-bond donors (Lipinski definition) is 2. The van der Waals surface area contributed by atoms with E-state index in [1.807, 2.05) is 6.07 Å². The number of carbonyl (C=O) groups excluding carboxylic acids is 1. The van der Waals surface area contributed by atoms with E-state index in [0.717, 1.165) is 31.4 Å². The summed E-state index contributed by atoms with van der Waals surface area (Å²) >= 11 is 12.7. The Morgan fingerprint density at radius 1 is 1.21 bits per heavy atom. The molecular weight excluding hydrogens is 542 g/mol. The zero-order chi connectivity index (χ0) is 27.1. The SMILES string of the molecule is O=C(O)C1=C(CN2CC[C@H]3[C@@H]2[C@H](c2cccc(Cl)c2F)[C@]2(C(=O)Nc4cc(Cl)ccc42)N3CC2CC2)C=NC1. The highest BCUT2D eigenvalue weighted by Crippen LogP contribution is 2.61. The summed E-state index contributed by atoms with van der Waals surface area (Å²) < 4.78 is 16.0. The Morgan fingerprint density at radius 3 is 2.79 bits per heavy atom. The van der Waals surface area contributed by atoms with E-state index in [1.165, 1.54) is 6.07 Å². The zero-order valence-corrected chi connectivity index (χ0v) is 22.6. The lowest BCUT2D eigenvalue weighted by molar-refractivity contribution is -0.132. The van der Waals surface area contributed by atoms with Gasteiger partial charge < -0.3 is 10.4 Å². The van der Waals surface area contributed by atoms with Crippen LogP contribution in [0.4, 0.5) is 10.1 Å². The van der Waals surface area contributed by atoms with Gasteiger partial charge in [-0.1, -0.05) is 41.4 Å². The van der Waals surface area contributed by atoms with Gasteiger partial charge in [-0.3, -0.25) is 19.6 Å². The highest BCUT2D eigenvalue weighted by molar-refractivity contribution is 6.31. The first-order valence-corrected chi connectivity index (χ1v) is 14.1. The molecule has 4 aliphatic heterocycles. The van der Waals surface area contributed by atoms with Gasteiger partial charge in [0.25, 0.3) is 0 Å². The average molecular weight is 569 g/mol. The lowest BCUT2D eigenvalue weighted by Gasteiger charge is -2.41. The van der Waals surface area contributed by atoms with E-state index < -0.39 is 23.2 Å². The van der Waals surface area contributed by atoms with E-state index in [1.54, 1.807) is 30.5 Å². The van der Waals surface area contributed by atoms with Crippen LogP contribution in [0.2, 0.25) is 10.0 Å². The number of halogens is 3. The van der Waals surface area contributed by atoms with Gasteiger partial charge in [-0.15, -0.1) is 0 Å². The fraction of sp³-hybridized carbons (Fsp3) is 0.414. The number of rotatable bonds is 6. The van der Waals surface area contributed by atoms with Crippen LogP contribution in [0.15, 0.2) is 52.5 Å². The minimum atomic E-state index is -1.16. The molecule has 3 fully saturated rings. The quantitative estimate of drug-likeness (QED) is 0.527. The van der Waals surface area contributed by atoms with Crippen molar-refractivity contribution in [3.05, 3.63) is 74.5 Å². The first-order valence-electron chi connectivity index (χ1n) is 13.3. The fourth-order valence-corrected chi connectivity index (χ4v) is 7.76. The predicted molar refractivity (Wildman–Crippen MR) is 147 cm³/mol. The third-order valence-corrected chi connectivity index (χ3v) is 9.67. The van der Waals surface area contributed by atoms with E-state index in [2.05, 4.69) is 20.1 Å². The number of nitrogens with one attached hydrogen (secondary N) is 1. The van der Waals surface area contributed by atoms with Crippen molar-refractivity contribution in [3.63, 3.8) is 0 Å². The second kappa shape index (κ2) is 9.13. The van der Waals surface area contributed by atoms with Gasteiger partial charge in [0.1, 0.15) is 11.4 Å². The first kappa shape index (κ1) is 25.2. The van der Waals surface area contributed by atoms with Gasteiger partial charge in [-0.2, -0.15) is 0 Å². The van der Waals surface area contributed by atoms with Crippen LogP contribution in [0.1, 0.15) is 36.3 Å². The van der Waals surface area contributed by atoms with E-state index in [-0.39, 0.29) is 35.1 Å². The van der Waals surface area contributed by atoms with Crippen LogP contribution in [0.3, 0.4) is 0 Å². The Kier molecular flexibility index (Phi) is 5.90. The van der Waals surface area contributed by atoms with Gasteiger partial charge in [0.15, 0.2) is 0 Å². The van der Waals surface area contributed by atoms with Gasteiger partial charge in [-0.25, -0.2) is 9.18 Å². The topological polar surface area (TPSA) is 85.2 Å². The van der Waals surface area contributed by atoms with Crippen LogP contribution >= 0.6 is 23.2 Å². The van der Waals surface area contributed by atoms with Crippen LogP contribution in [0.5, 0.6) is 0 Å². The summed E-state index contributed by atoms with van der Waals surface area (Å²) in [7, 11) is 0. The van der Waals surface area contributed by atoms with Crippen LogP contribution in [-0.2, 0) is 15.1 Å². The third kappa shape index (κ3) is 3.72. The number of hydrogen-bond acceptors (Lipinski definition) is 5. The summed E-state index contributed by atoms with van der Waals surface area (Å²) in [5, 5.41) is 13.3. The minimum absolute atomic E-state index is 0.0120. The molecule has 4 heterocycles. The first-order chi connectivity index (χ1) is 18.8. The van der Waals surface area contributed by atoms with Crippen molar-refractivity contribution in [2.45, 2.75) is 42.8 Å². The highest BCUT2D eigenvalue weighted by Gasteiger charge is 2.69. The lowest BCUT2D eigenvalue weighted by atomic mass is 9.73. The molecule has 1 aliphatic carbocycles. The average Bonchev–Trinajstić information content (AvgIpc) is 3.21. The molecule has 1 amide bonds. The number of aliphatic imine (C=N–C) groups is 1. The monoisotopic (exact) mass is 568 g/mol. The summed E-state index contributed by atoms with van der Waals surface area (Å²) in [4.78, 5) is 34.9. The van der Waals surface area contributed by atoms with Crippen molar-refractivity contribution in [1.82, 2.24) is 9.80 Å². The molecule has 2 aromatic carbocycles. The molecule has 1 saturated carbocycles. The van der Waals surface area contributed by atoms with Crippen molar-refractivity contribution in [2.75, 3.05) is 31.5 Å². The van der Waals surface area contributed by atoms with E-state index >= 15 is 4.39 Å². The molecule has 5 aliphatic rings. The van der Waals surface area contributed by atoms with Gasteiger partial charge in [0, 0.05) is 60.1 Å². The molecule has 0 bridgehead atoms. The van der Waals surface area contributed by atoms with Crippen molar-refractivity contribution >= 4 is 47.0 Å². The number of carbonyl (C=O) groups is 2. The standard InChI is InChI=1S/C29H27Cl2FN4O3/c30-17-6-7-20-22(10-17)34-28(39)29(20)24(18-2-1-3-21(31)25(18)32)26-23(36(29)13-15-4-5-15)8-9-35(26)14-16-11-33-12-19(16)27(37)38/h1-3,6-7,10-11,15,23-24,26H,4-5,8-9,12-14H2,(H,34,39)(H,37,38)/t23-,24-,26+,29+/m0/s1. The maximum absolute atomic E-state index is 16.0. The molecular formula is C29H27Cl2FN4O3. The van der Waals surface area contributed by atoms with Crippen LogP contribution in [0, 0.1) is 11.7 Å². The molecule has 10 heteroatoms. The van der Waals surface area contributed by atoms with Crippen molar-refractivity contribution in [3.8, 4) is 0 Å². The maximum Gasteiger partial charge on any atom is 0.333 e. The minimum Gasteiger partial charge on any atom is -0.478 e. The molecule has 4 atom stereocenters. The molecule has 2 saturated heterocycles. The Hall–Kier alpha value is -2.78. The number of fused-ring (bicyclic) bond motifs is 3. The number of benzene rings is 2. The van der Waals surface area contributed by atoms with Crippen LogP contribution < -0.4 is 5.32 Å². The Morgan fingerprint density at radius 2 is 2.03 bits per heavy atom. The van der Waals surface area contributed by atoms with Gasteiger partial charge >= 0.3 is 5.97 Å². The zero-order valence-electron chi connectivity index (χ0n) is 21.0. The largest absolute Gasteiger partial charge is 0.478 e. The number of carboxylic acid groups (broad SMARTS) is 1. The van der Waals surface area contributed by atoms with E-state index in [0.29, 0.717) is 40.9 Å². The Labute approximate surface area is 235 Å². The highest BCUT2D eigenvalue weighted by atomic mass is 35.5. The summed E-state index contributed by atoms with van der Waals surface area (Å²) in [5.41, 5.74) is 1.62. The summed E-state index contributed by atoms with van der Waals surface area (Å²) in [6, 6.07) is 10.1. The summed E-state index contributed by atoms with van der Waals surface area (Å²) in [5.74, 6) is -1.79. The van der Waals surface area contributed by atoms with E-state index in [9.17, 15) is 14.7 Å². The van der Waals surface area contributed by atoms with Gasteiger partial charge in [-0.05, 0) is 54.5 Å². The van der Waals surface area contributed by atoms with Crippen molar-refractivity contribution in [1.29, 1.82) is 0 Å². The predicted octanol–water partition coefficient (Wildman–Crippen LogP) is 4.70.